The van der Waals surface area contributed by atoms with Crippen LogP contribution in [0.15, 0.2) is 24.8 Å². The van der Waals surface area contributed by atoms with Gasteiger partial charge in [0.2, 0.25) is 0 Å². The molecule has 77 valence electrons. The molecule has 4 atom stereocenters. The third-order valence-corrected chi connectivity index (χ3v) is 4.03. The van der Waals surface area contributed by atoms with E-state index in [4.69, 9.17) is 0 Å². The lowest BCUT2D eigenvalue weighted by molar-refractivity contribution is -0.127. The normalized spacial score (nSPS) is 45.7. The summed E-state index contributed by atoms with van der Waals surface area (Å²) in [7, 11) is 0. The maximum Gasteiger partial charge on any atom is 0.253 e. The summed E-state index contributed by atoms with van der Waals surface area (Å²) in [6, 6.07) is 0. The van der Waals surface area contributed by atoms with Crippen LogP contribution in [0.1, 0.15) is 12.8 Å². The molecular weight excluding hydrogens is 190 g/mol. The zero-order chi connectivity index (χ0) is 10.6. The van der Waals surface area contributed by atoms with Gasteiger partial charge in [-0.15, -0.1) is 6.58 Å². The van der Waals surface area contributed by atoms with E-state index in [-0.39, 0.29) is 35.0 Å². The van der Waals surface area contributed by atoms with Crippen LogP contribution in [-0.2, 0) is 9.59 Å². The predicted octanol–water partition coefficient (Wildman–Crippen LogP) is 1.04. The number of fused-ring (bicyclic) bond motifs is 5. The molecule has 0 aromatic heterocycles. The lowest BCUT2D eigenvalue weighted by atomic mass is 9.73. The zero-order valence-electron chi connectivity index (χ0n) is 8.35. The van der Waals surface area contributed by atoms with Gasteiger partial charge in [0.05, 0.1) is 11.8 Å². The van der Waals surface area contributed by atoms with E-state index in [2.05, 4.69) is 24.0 Å². The molecule has 2 fully saturated rings. The minimum atomic E-state index is -0.210. The second-order valence-electron chi connectivity index (χ2n) is 4.74. The van der Waals surface area contributed by atoms with E-state index in [1.54, 1.807) is 0 Å². The van der Waals surface area contributed by atoms with Crippen molar-refractivity contribution in [3.8, 4) is 0 Å². The van der Waals surface area contributed by atoms with Gasteiger partial charge in [0.25, 0.3) is 11.8 Å². The van der Waals surface area contributed by atoms with E-state index in [0.717, 1.165) is 12.8 Å². The highest BCUT2D eigenvalue weighted by Crippen LogP contribution is 2.60. The molecular formula is C12H12NO2. The zero-order valence-corrected chi connectivity index (χ0v) is 8.35. The van der Waals surface area contributed by atoms with E-state index < -0.39 is 0 Å². The number of allylic oxidation sites excluding steroid dienone is 3. The SMILES string of the molecule is C=CCC12C=CC(C1)C1C(=O)[N]C(=O)C12. The van der Waals surface area contributed by atoms with E-state index in [9.17, 15) is 9.59 Å². The highest BCUT2D eigenvalue weighted by atomic mass is 16.2. The topological polar surface area (TPSA) is 48.2 Å². The maximum atomic E-state index is 11.7. The summed E-state index contributed by atoms with van der Waals surface area (Å²) in [5, 5.41) is 3.59. The summed E-state index contributed by atoms with van der Waals surface area (Å²) >= 11 is 0. The highest BCUT2D eigenvalue weighted by molar-refractivity contribution is 6.06. The Kier molecular flexibility index (Phi) is 1.54. The van der Waals surface area contributed by atoms with Crippen molar-refractivity contribution in [2.75, 3.05) is 0 Å². The number of hydrogen-bond donors (Lipinski definition) is 0. The number of amides is 2. The fourth-order valence-corrected chi connectivity index (χ4v) is 3.50. The van der Waals surface area contributed by atoms with Crippen LogP contribution < -0.4 is 5.32 Å². The third-order valence-electron chi connectivity index (χ3n) is 4.03. The van der Waals surface area contributed by atoms with Crippen molar-refractivity contribution in [1.82, 2.24) is 5.32 Å². The molecule has 1 saturated carbocycles. The summed E-state index contributed by atoms with van der Waals surface area (Å²) in [5.41, 5.74) is -0.149. The van der Waals surface area contributed by atoms with Crippen molar-refractivity contribution in [1.29, 1.82) is 0 Å². The quantitative estimate of drug-likeness (QED) is 0.496. The molecule has 1 aliphatic heterocycles. The van der Waals surface area contributed by atoms with Crippen LogP contribution >= 0.6 is 0 Å². The third kappa shape index (κ3) is 0.907. The summed E-state index contributed by atoms with van der Waals surface area (Å²) < 4.78 is 0. The molecule has 0 aromatic carbocycles. The highest BCUT2D eigenvalue weighted by Gasteiger charge is 2.63. The number of imide groups is 1. The minimum Gasteiger partial charge on any atom is -0.272 e. The average Bonchev–Trinajstić information content (AvgIpc) is 2.79. The molecule has 1 saturated heterocycles. The van der Waals surface area contributed by atoms with Crippen molar-refractivity contribution >= 4 is 11.8 Å². The van der Waals surface area contributed by atoms with Crippen LogP contribution in [0.4, 0.5) is 0 Å². The lowest BCUT2D eigenvalue weighted by Gasteiger charge is -2.28. The van der Waals surface area contributed by atoms with Crippen LogP contribution in [0.5, 0.6) is 0 Å². The maximum absolute atomic E-state index is 11.7. The molecule has 3 rings (SSSR count). The van der Waals surface area contributed by atoms with Crippen molar-refractivity contribution < 1.29 is 9.59 Å². The second-order valence-corrected chi connectivity index (χ2v) is 4.74. The van der Waals surface area contributed by atoms with Gasteiger partial charge in [-0.3, -0.25) is 9.59 Å². The van der Waals surface area contributed by atoms with E-state index >= 15 is 0 Å². The summed E-state index contributed by atoms with van der Waals surface area (Å²) in [6.07, 6.45) is 7.71. The molecule has 3 aliphatic rings. The molecule has 1 radical (unpaired) electrons. The molecule has 0 N–H and O–H groups in total. The molecule has 15 heavy (non-hydrogen) atoms. The van der Waals surface area contributed by atoms with E-state index in [1.165, 1.54) is 0 Å². The Morgan fingerprint density at radius 3 is 3.07 bits per heavy atom. The van der Waals surface area contributed by atoms with Crippen molar-refractivity contribution in [2.24, 2.45) is 23.2 Å². The molecule has 3 heteroatoms. The molecule has 2 aliphatic carbocycles. The standard InChI is InChI=1S/C12H12NO2/c1-2-4-12-5-3-7(6-12)8-9(12)11(15)13-10(8)14/h2-3,5,7-9H,1,4,6H2. The lowest BCUT2D eigenvalue weighted by Crippen LogP contribution is -2.31. The fourth-order valence-electron chi connectivity index (χ4n) is 3.50. The minimum absolute atomic E-state index is 0.149. The van der Waals surface area contributed by atoms with Gasteiger partial charge in [0.15, 0.2) is 0 Å². The number of hydrogen-bond acceptors (Lipinski definition) is 2. The van der Waals surface area contributed by atoms with Crippen LogP contribution in [-0.4, -0.2) is 11.8 Å². The van der Waals surface area contributed by atoms with Crippen LogP contribution in [0.3, 0.4) is 0 Å². The Morgan fingerprint density at radius 2 is 2.33 bits per heavy atom. The van der Waals surface area contributed by atoms with Crippen LogP contribution in [0, 0.1) is 23.2 Å². The molecule has 3 nitrogen and oxygen atoms in total. The first-order valence-corrected chi connectivity index (χ1v) is 5.28. The van der Waals surface area contributed by atoms with E-state index in [0.29, 0.717) is 0 Å². The predicted molar refractivity (Wildman–Crippen MR) is 53.6 cm³/mol. The second kappa shape index (κ2) is 2.60. The van der Waals surface area contributed by atoms with Crippen LogP contribution in [0.25, 0.3) is 0 Å². The fraction of sp³-hybridized carbons (Fsp3) is 0.500. The Balaban J connectivity index is 2.06. The van der Waals surface area contributed by atoms with Crippen molar-refractivity contribution in [3.05, 3.63) is 24.8 Å². The van der Waals surface area contributed by atoms with Crippen molar-refractivity contribution in [3.63, 3.8) is 0 Å². The van der Waals surface area contributed by atoms with Gasteiger partial charge in [-0.1, -0.05) is 18.2 Å². The Bertz CT molecular complexity index is 398. The van der Waals surface area contributed by atoms with Crippen LogP contribution in [0.2, 0.25) is 0 Å². The number of nitrogens with zero attached hydrogens (tertiary/aromatic N) is 1. The summed E-state index contributed by atoms with van der Waals surface area (Å²) in [5.74, 6) is -0.540. The molecule has 0 aromatic rings. The number of carbonyl (C=O) groups is 2. The van der Waals surface area contributed by atoms with Gasteiger partial charge in [-0.2, -0.15) is 5.32 Å². The molecule has 2 amide bonds. The van der Waals surface area contributed by atoms with Gasteiger partial charge < -0.3 is 0 Å². The molecule has 4 unspecified atom stereocenters. The van der Waals surface area contributed by atoms with Crippen molar-refractivity contribution in [2.45, 2.75) is 12.8 Å². The monoisotopic (exact) mass is 202 g/mol. The van der Waals surface area contributed by atoms with Gasteiger partial charge in [-0.05, 0) is 18.8 Å². The Labute approximate surface area is 88.2 Å². The Morgan fingerprint density at radius 1 is 1.53 bits per heavy atom. The molecule has 2 bridgehead atoms. The number of carbonyl (C=O) groups excluding carboxylic acids is 2. The van der Waals surface area contributed by atoms with Gasteiger partial charge in [-0.25, -0.2) is 0 Å². The van der Waals surface area contributed by atoms with Gasteiger partial charge >= 0.3 is 0 Å². The Hall–Kier alpha value is -1.38. The first kappa shape index (κ1) is 8.89. The van der Waals surface area contributed by atoms with Gasteiger partial charge in [0, 0.05) is 5.41 Å². The van der Waals surface area contributed by atoms with E-state index in [1.807, 2.05) is 6.08 Å². The number of rotatable bonds is 2. The first-order valence-electron chi connectivity index (χ1n) is 5.28. The summed E-state index contributed by atoms with van der Waals surface area (Å²) in [4.78, 5) is 23.2. The average molecular weight is 202 g/mol. The molecule has 1 heterocycles. The largest absolute Gasteiger partial charge is 0.272 e. The molecule has 0 spiro atoms. The smallest absolute Gasteiger partial charge is 0.253 e. The first-order chi connectivity index (χ1) is 7.18. The summed E-state index contributed by atoms with van der Waals surface area (Å²) in [6.45, 7) is 3.73. The van der Waals surface area contributed by atoms with Gasteiger partial charge in [0.1, 0.15) is 0 Å².